The predicted octanol–water partition coefficient (Wildman–Crippen LogP) is 5.69. The Bertz CT molecular complexity index is 1810. The van der Waals surface area contributed by atoms with E-state index in [1.54, 1.807) is 66.7 Å². The van der Waals surface area contributed by atoms with E-state index in [2.05, 4.69) is 10.6 Å². The summed E-state index contributed by atoms with van der Waals surface area (Å²) >= 11 is 1.22. The largest absolute Gasteiger partial charge is 0.493 e. The van der Waals surface area contributed by atoms with Crippen molar-refractivity contribution in [2.45, 2.75) is 16.6 Å². The van der Waals surface area contributed by atoms with Crippen LogP contribution in [0.15, 0.2) is 102 Å². The monoisotopic (exact) mass is 655 g/mol. The molecule has 5 rings (SSSR count). The minimum absolute atomic E-state index is 0.00440. The summed E-state index contributed by atoms with van der Waals surface area (Å²) in [6.45, 7) is 0. The maximum absolute atomic E-state index is 13.6. The van der Waals surface area contributed by atoms with Crippen LogP contribution in [0, 0.1) is 5.82 Å². The second-order valence-corrected chi connectivity index (χ2v) is 11.4. The Morgan fingerprint density at radius 1 is 0.872 bits per heavy atom. The fourth-order valence-electron chi connectivity index (χ4n) is 4.83. The number of halogens is 1. The van der Waals surface area contributed by atoms with E-state index in [0.717, 1.165) is 4.90 Å². The van der Waals surface area contributed by atoms with Gasteiger partial charge in [-0.15, -0.1) is 11.8 Å². The molecule has 1 heterocycles. The molecule has 0 aliphatic carbocycles. The molecule has 240 valence electrons. The van der Waals surface area contributed by atoms with Crippen LogP contribution in [0.4, 0.5) is 15.8 Å². The zero-order valence-electron chi connectivity index (χ0n) is 25.6. The highest BCUT2D eigenvalue weighted by molar-refractivity contribution is 8.00. The number of anilines is 2. The molecule has 0 saturated carbocycles. The van der Waals surface area contributed by atoms with Gasteiger partial charge in [0.1, 0.15) is 11.5 Å². The fourth-order valence-corrected chi connectivity index (χ4v) is 5.88. The molecule has 1 fully saturated rings. The van der Waals surface area contributed by atoms with Crippen molar-refractivity contribution >= 4 is 52.8 Å². The summed E-state index contributed by atoms with van der Waals surface area (Å²) in [5.41, 5.74) is 1.54. The van der Waals surface area contributed by atoms with Crippen LogP contribution >= 0.6 is 11.8 Å². The van der Waals surface area contributed by atoms with Crippen molar-refractivity contribution in [3.8, 4) is 17.2 Å². The summed E-state index contributed by atoms with van der Waals surface area (Å²) in [6.07, 6.45) is 1.48. The van der Waals surface area contributed by atoms with E-state index in [0.29, 0.717) is 44.6 Å². The van der Waals surface area contributed by atoms with Crippen molar-refractivity contribution < 1.29 is 37.8 Å². The molecule has 1 aliphatic heterocycles. The van der Waals surface area contributed by atoms with Crippen molar-refractivity contribution in [2.24, 2.45) is 0 Å². The molecule has 1 atom stereocenters. The van der Waals surface area contributed by atoms with E-state index < -0.39 is 22.9 Å². The zero-order chi connectivity index (χ0) is 33.5. The number of thioether (sulfide) groups is 1. The normalized spacial score (nSPS) is 14.5. The van der Waals surface area contributed by atoms with E-state index in [9.17, 15) is 23.6 Å². The highest BCUT2D eigenvalue weighted by Crippen LogP contribution is 2.39. The van der Waals surface area contributed by atoms with Gasteiger partial charge in [-0.2, -0.15) is 0 Å². The lowest BCUT2D eigenvalue weighted by atomic mass is 10.1. The van der Waals surface area contributed by atoms with E-state index in [4.69, 9.17) is 14.2 Å². The predicted molar refractivity (Wildman–Crippen MR) is 176 cm³/mol. The van der Waals surface area contributed by atoms with Gasteiger partial charge in [0.15, 0.2) is 11.5 Å². The first kappa shape index (κ1) is 32.8. The van der Waals surface area contributed by atoms with E-state index in [1.807, 2.05) is 0 Å². The SMILES string of the molecule is COc1cc(/C=C(\NC(=O)c2ccccc2)C(=O)Nc2ccc(SC3CC(=O)N(c4ccc(F)cc4)C3=O)cc2)cc(OC)c1OC. The Kier molecular flexibility index (Phi) is 10.2. The van der Waals surface area contributed by atoms with Gasteiger partial charge in [0, 0.05) is 22.6 Å². The van der Waals surface area contributed by atoms with Crippen LogP contribution in [0.1, 0.15) is 22.3 Å². The van der Waals surface area contributed by atoms with Crippen molar-refractivity contribution in [1.82, 2.24) is 5.32 Å². The quantitative estimate of drug-likeness (QED) is 0.156. The molecule has 0 radical (unpaired) electrons. The summed E-state index contributed by atoms with van der Waals surface area (Å²) < 4.78 is 29.6. The van der Waals surface area contributed by atoms with Gasteiger partial charge in [-0.25, -0.2) is 9.29 Å². The van der Waals surface area contributed by atoms with Gasteiger partial charge in [0.2, 0.25) is 17.6 Å². The number of benzene rings is 4. The van der Waals surface area contributed by atoms with Gasteiger partial charge in [-0.3, -0.25) is 19.2 Å². The van der Waals surface area contributed by atoms with Crippen molar-refractivity contribution in [3.63, 3.8) is 0 Å². The molecule has 0 aromatic heterocycles. The lowest BCUT2D eigenvalue weighted by Crippen LogP contribution is -2.31. The molecule has 0 bridgehead atoms. The average Bonchev–Trinajstić information content (AvgIpc) is 3.36. The average molecular weight is 656 g/mol. The van der Waals surface area contributed by atoms with Gasteiger partial charge in [-0.05, 0) is 84.4 Å². The number of imide groups is 1. The minimum atomic E-state index is -0.658. The van der Waals surface area contributed by atoms with Crippen LogP contribution in [-0.4, -0.2) is 50.2 Å². The summed E-state index contributed by atoms with van der Waals surface area (Å²) in [7, 11) is 4.42. The fraction of sp³-hybridized carbons (Fsp3) is 0.143. The highest BCUT2D eigenvalue weighted by Gasteiger charge is 2.40. The Morgan fingerprint density at radius 3 is 2.11 bits per heavy atom. The van der Waals surface area contributed by atoms with Crippen LogP contribution in [0.5, 0.6) is 17.2 Å². The number of methoxy groups -OCH3 is 3. The van der Waals surface area contributed by atoms with Gasteiger partial charge >= 0.3 is 0 Å². The van der Waals surface area contributed by atoms with Crippen LogP contribution in [0.3, 0.4) is 0 Å². The maximum atomic E-state index is 13.6. The number of nitrogens with zero attached hydrogens (tertiary/aromatic N) is 1. The highest BCUT2D eigenvalue weighted by atomic mass is 32.2. The van der Waals surface area contributed by atoms with E-state index in [1.165, 1.54) is 63.4 Å². The summed E-state index contributed by atoms with van der Waals surface area (Å²) in [4.78, 5) is 54.0. The van der Waals surface area contributed by atoms with Crippen molar-refractivity contribution in [1.29, 1.82) is 0 Å². The number of hydrogen-bond donors (Lipinski definition) is 2. The second-order valence-electron chi connectivity index (χ2n) is 10.2. The second kappa shape index (κ2) is 14.6. The molecule has 10 nitrogen and oxygen atoms in total. The molecule has 1 unspecified atom stereocenters. The molecule has 0 spiro atoms. The van der Waals surface area contributed by atoms with Crippen LogP contribution in [-0.2, 0) is 14.4 Å². The third kappa shape index (κ3) is 7.61. The number of hydrogen-bond acceptors (Lipinski definition) is 8. The lowest BCUT2D eigenvalue weighted by Gasteiger charge is -2.15. The standard InChI is InChI=1S/C35H30FN3O7S/c1-44-28-18-21(19-29(45-2)32(28)46-3)17-27(38-33(41)22-7-5-4-6-8-22)34(42)37-24-11-15-26(16-12-24)47-30-20-31(40)39(35(30)43)25-13-9-23(36)10-14-25/h4-19,30H,20H2,1-3H3,(H,37,42)(H,38,41)/b27-17-. The molecule has 12 heteroatoms. The Balaban J connectivity index is 1.34. The molecule has 4 aromatic rings. The van der Waals surface area contributed by atoms with Crippen molar-refractivity contribution in [2.75, 3.05) is 31.5 Å². The van der Waals surface area contributed by atoms with Gasteiger partial charge < -0.3 is 24.8 Å². The Labute approximate surface area is 274 Å². The van der Waals surface area contributed by atoms with E-state index in [-0.39, 0.29) is 23.9 Å². The summed E-state index contributed by atoms with van der Waals surface area (Å²) in [5.74, 6) is -1.21. The first-order valence-electron chi connectivity index (χ1n) is 14.3. The first-order valence-corrected chi connectivity index (χ1v) is 15.2. The number of carbonyl (C=O) groups excluding carboxylic acids is 4. The van der Waals surface area contributed by atoms with Gasteiger partial charge in [0.25, 0.3) is 11.8 Å². The Hall–Kier alpha value is -5.62. The molecule has 1 aliphatic rings. The van der Waals surface area contributed by atoms with Crippen molar-refractivity contribution in [3.05, 3.63) is 114 Å². The molecular formula is C35H30FN3O7S. The molecule has 1 saturated heterocycles. The van der Waals surface area contributed by atoms with Crippen LogP contribution in [0.2, 0.25) is 0 Å². The van der Waals surface area contributed by atoms with Crippen LogP contribution in [0.25, 0.3) is 6.08 Å². The number of amides is 4. The molecular weight excluding hydrogens is 625 g/mol. The summed E-state index contributed by atoms with van der Waals surface area (Å²) in [5, 5.41) is 4.83. The maximum Gasteiger partial charge on any atom is 0.272 e. The van der Waals surface area contributed by atoms with Gasteiger partial charge in [0.05, 0.1) is 32.3 Å². The smallest absolute Gasteiger partial charge is 0.272 e. The van der Waals surface area contributed by atoms with Crippen LogP contribution < -0.4 is 29.7 Å². The Morgan fingerprint density at radius 2 is 1.51 bits per heavy atom. The first-order chi connectivity index (χ1) is 22.7. The third-order valence-corrected chi connectivity index (χ3v) is 8.30. The van der Waals surface area contributed by atoms with Gasteiger partial charge in [-0.1, -0.05) is 18.2 Å². The number of nitrogens with one attached hydrogen (secondary N) is 2. The molecule has 4 aromatic carbocycles. The molecule has 47 heavy (non-hydrogen) atoms. The number of ether oxygens (including phenoxy) is 3. The zero-order valence-corrected chi connectivity index (χ0v) is 26.4. The number of carbonyl (C=O) groups is 4. The molecule has 2 N–H and O–H groups in total. The van der Waals surface area contributed by atoms with E-state index >= 15 is 0 Å². The topological polar surface area (TPSA) is 123 Å². The third-order valence-electron chi connectivity index (χ3n) is 7.11. The minimum Gasteiger partial charge on any atom is -0.493 e. The lowest BCUT2D eigenvalue weighted by molar-refractivity contribution is -0.121. The number of rotatable bonds is 11. The molecule has 4 amide bonds. The summed E-state index contributed by atoms with van der Waals surface area (Å²) in [6, 6.07) is 23.6.